The molecule has 0 unspecified atom stereocenters. The van der Waals surface area contributed by atoms with Crippen LogP contribution in [0.5, 0.6) is 0 Å². The number of aromatic nitrogens is 1. The minimum atomic E-state index is -0.187. The molecule has 0 radical (unpaired) electrons. The van der Waals surface area contributed by atoms with Crippen molar-refractivity contribution in [1.29, 1.82) is 0 Å². The van der Waals surface area contributed by atoms with Crippen molar-refractivity contribution >= 4 is 28.6 Å². The number of fused-ring (bicyclic) bond motifs is 1. The van der Waals surface area contributed by atoms with Gasteiger partial charge in [0.1, 0.15) is 5.76 Å². The first-order valence-electron chi connectivity index (χ1n) is 6.33. The Morgan fingerprint density at radius 3 is 3.00 bits per heavy atom. The summed E-state index contributed by atoms with van der Waals surface area (Å²) in [6.45, 7) is 2.00. The zero-order chi connectivity index (χ0) is 13.9. The molecular formula is C16H14N2O2. The zero-order valence-corrected chi connectivity index (χ0v) is 11.0. The third-order valence-corrected chi connectivity index (χ3v) is 2.97. The standard InChI is InChI=1S/C16H14N2O2/c1-11-9-12-10-13(4-6-15(12)17-11)18-16(19)7-5-14-3-2-8-20-14/h2-10,17H,1H3,(H,18,19)/b7-5+. The molecule has 3 rings (SSSR count). The van der Waals surface area contributed by atoms with Crippen molar-refractivity contribution in [2.24, 2.45) is 0 Å². The number of H-pyrrole nitrogens is 1. The lowest BCUT2D eigenvalue weighted by Crippen LogP contribution is -2.07. The van der Waals surface area contributed by atoms with Gasteiger partial charge in [-0.1, -0.05) is 0 Å². The van der Waals surface area contributed by atoms with Crippen molar-refractivity contribution < 1.29 is 9.21 Å². The molecular weight excluding hydrogens is 252 g/mol. The van der Waals surface area contributed by atoms with E-state index in [0.29, 0.717) is 5.76 Å². The number of hydrogen-bond acceptors (Lipinski definition) is 2. The molecule has 0 saturated carbocycles. The van der Waals surface area contributed by atoms with Crippen molar-refractivity contribution in [1.82, 2.24) is 4.98 Å². The molecule has 2 N–H and O–H groups in total. The van der Waals surface area contributed by atoms with Crippen molar-refractivity contribution in [3.8, 4) is 0 Å². The van der Waals surface area contributed by atoms with Gasteiger partial charge in [-0.3, -0.25) is 4.79 Å². The maximum Gasteiger partial charge on any atom is 0.248 e. The van der Waals surface area contributed by atoms with Crippen LogP contribution in [0.4, 0.5) is 5.69 Å². The molecule has 2 aromatic heterocycles. The Morgan fingerprint density at radius 2 is 2.20 bits per heavy atom. The van der Waals surface area contributed by atoms with E-state index in [1.54, 1.807) is 24.5 Å². The summed E-state index contributed by atoms with van der Waals surface area (Å²) in [5.41, 5.74) is 2.93. The van der Waals surface area contributed by atoms with Crippen LogP contribution in [0.1, 0.15) is 11.5 Å². The normalized spacial score (nSPS) is 11.2. The van der Waals surface area contributed by atoms with Gasteiger partial charge in [-0.25, -0.2) is 0 Å². The average Bonchev–Trinajstić information content (AvgIpc) is 3.04. The van der Waals surface area contributed by atoms with Crippen LogP contribution in [-0.4, -0.2) is 10.9 Å². The fourth-order valence-electron chi connectivity index (χ4n) is 2.08. The van der Waals surface area contributed by atoms with E-state index in [0.717, 1.165) is 22.3 Å². The number of benzene rings is 1. The molecule has 0 aliphatic carbocycles. The molecule has 0 aliphatic rings. The summed E-state index contributed by atoms with van der Waals surface area (Å²) in [5, 5.41) is 3.90. The van der Waals surface area contributed by atoms with Crippen LogP contribution in [0.2, 0.25) is 0 Å². The quantitative estimate of drug-likeness (QED) is 0.710. The van der Waals surface area contributed by atoms with Gasteiger partial charge in [-0.15, -0.1) is 0 Å². The van der Waals surface area contributed by atoms with E-state index in [1.807, 2.05) is 31.2 Å². The topological polar surface area (TPSA) is 58.0 Å². The van der Waals surface area contributed by atoms with Crippen molar-refractivity contribution in [2.45, 2.75) is 6.92 Å². The molecule has 2 heterocycles. The molecule has 0 bridgehead atoms. The van der Waals surface area contributed by atoms with Gasteiger partial charge in [0.2, 0.25) is 5.91 Å². The summed E-state index contributed by atoms with van der Waals surface area (Å²) in [7, 11) is 0. The second-order valence-corrected chi connectivity index (χ2v) is 4.59. The Balaban J connectivity index is 1.73. The van der Waals surface area contributed by atoms with Gasteiger partial charge in [-0.05, 0) is 49.4 Å². The Hall–Kier alpha value is -2.75. The molecule has 1 aromatic carbocycles. The maximum atomic E-state index is 11.8. The molecule has 3 aromatic rings. The largest absolute Gasteiger partial charge is 0.465 e. The second kappa shape index (κ2) is 5.09. The summed E-state index contributed by atoms with van der Waals surface area (Å²) in [6.07, 6.45) is 4.65. The van der Waals surface area contributed by atoms with Gasteiger partial charge in [0.15, 0.2) is 0 Å². The van der Waals surface area contributed by atoms with E-state index in [2.05, 4.69) is 10.3 Å². The molecule has 0 fully saturated rings. The van der Waals surface area contributed by atoms with Crippen LogP contribution in [0.3, 0.4) is 0 Å². The lowest BCUT2D eigenvalue weighted by atomic mass is 10.2. The summed E-state index contributed by atoms with van der Waals surface area (Å²) in [4.78, 5) is 15.0. The van der Waals surface area contributed by atoms with E-state index in [4.69, 9.17) is 4.42 Å². The second-order valence-electron chi connectivity index (χ2n) is 4.59. The molecule has 4 nitrogen and oxygen atoms in total. The third kappa shape index (κ3) is 2.64. The highest BCUT2D eigenvalue weighted by atomic mass is 16.3. The van der Waals surface area contributed by atoms with Crippen LogP contribution in [0.15, 0.2) is 53.2 Å². The van der Waals surface area contributed by atoms with Crippen LogP contribution >= 0.6 is 0 Å². The van der Waals surface area contributed by atoms with Gasteiger partial charge in [-0.2, -0.15) is 0 Å². The number of amides is 1. The SMILES string of the molecule is Cc1cc2cc(NC(=O)/C=C/c3ccco3)ccc2[nH]1. The first-order valence-corrected chi connectivity index (χ1v) is 6.33. The molecule has 4 heteroatoms. The van der Waals surface area contributed by atoms with Crippen molar-refractivity contribution in [2.75, 3.05) is 5.32 Å². The molecule has 0 spiro atoms. The highest BCUT2D eigenvalue weighted by molar-refractivity contribution is 6.02. The number of furan rings is 1. The molecule has 0 saturated heterocycles. The lowest BCUT2D eigenvalue weighted by Gasteiger charge is -2.01. The Kier molecular flexibility index (Phi) is 3.13. The predicted molar refractivity (Wildman–Crippen MR) is 79.4 cm³/mol. The molecule has 1 amide bonds. The Bertz CT molecular complexity index is 767. The Morgan fingerprint density at radius 1 is 1.30 bits per heavy atom. The first-order chi connectivity index (χ1) is 9.70. The predicted octanol–water partition coefficient (Wildman–Crippen LogP) is 3.72. The zero-order valence-electron chi connectivity index (χ0n) is 11.0. The van der Waals surface area contributed by atoms with Gasteiger partial charge in [0.25, 0.3) is 0 Å². The minimum absolute atomic E-state index is 0.187. The first kappa shape index (κ1) is 12.3. The van der Waals surface area contributed by atoms with E-state index in [1.165, 1.54) is 6.08 Å². The van der Waals surface area contributed by atoms with E-state index in [-0.39, 0.29) is 5.91 Å². The van der Waals surface area contributed by atoms with Crippen LogP contribution in [0.25, 0.3) is 17.0 Å². The monoisotopic (exact) mass is 266 g/mol. The maximum absolute atomic E-state index is 11.8. The van der Waals surface area contributed by atoms with E-state index in [9.17, 15) is 4.79 Å². The van der Waals surface area contributed by atoms with Gasteiger partial charge in [0, 0.05) is 28.4 Å². The summed E-state index contributed by atoms with van der Waals surface area (Å²) >= 11 is 0. The number of hydrogen-bond donors (Lipinski definition) is 2. The molecule has 20 heavy (non-hydrogen) atoms. The average molecular weight is 266 g/mol. The highest BCUT2D eigenvalue weighted by Crippen LogP contribution is 2.19. The highest BCUT2D eigenvalue weighted by Gasteiger charge is 2.02. The van der Waals surface area contributed by atoms with E-state index >= 15 is 0 Å². The summed E-state index contributed by atoms with van der Waals surface area (Å²) in [5.74, 6) is 0.463. The number of anilines is 1. The summed E-state index contributed by atoms with van der Waals surface area (Å²) in [6, 6.07) is 11.4. The Labute approximate surface area is 116 Å². The molecule has 100 valence electrons. The van der Waals surface area contributed by atoms with E-state index < -0.39 is 0 Å². The van der Waals surface area contributed by atoms with Gasteiger partial charge < -0.3 is 14.7 Å². The number of aromatic amines is 1. The van der Waals surface area contributed by atoms with Crippen LogP contribution < -0.4 is 5.32 Å². The van der Waals surface area contributed by atoms with Crippen LogP contribution in [-0.2, 0) is 4.79 Å². The van der Waals surface area contributed by atoms with Crippen molar-refractivity contribution in [3.05, 3.63) is 60.2 Å². The fourth-order valence-corrected chi connectivity index (χ4v) is 2.08. The fraction of sp³-hybridized carbons (Fsp3) is 0.0625. The molecule has 0 aliphatic heterocycles. The number of rotatable bonds is 3. The van der Waals surface area contributed by atoms with Gasteiger partial charge in [0.05, 0.1) is 6.26 Å². The molecule has 0 atom stereocenters. The van der Waals surface area contributed by atoms with Crippen molar-refractivity contribution in [3.63, 3.8) is 0 Å². The smallest absolute Gasteiger partial charge is 0.248 e. The number of carbonyl (C=O) groups is 1. The van der Waals surface area contributed by atoms with Crippen LogP contribution in [0, 0.1) is 6.92 Å². The minimum Gasteiger partial charge on any atom is -0.465 e. The van der Waals surface area contributed by atoms with Gasteiger partial charge >= 0.3 is 0 Å². The number of carbonyl (C=O) groups excluding carboxylic acids is 1. The summed E-state index contributed by atoms with van der Waals surface area (Å²) < 4.78 is 5.12. The lowest BCUT2D eigenvalue weighted by molar-refractivity contribution is -0.111. The number of nitrogens with one attached hydrogen (secondary N) is 2. The third-order valence-electron chi connectivity index (χ3n) is 2.97. The number of aryl methyl sites for hydroxylation is 1.